The second kappa shape index (κ2) is 32.1. The number of nitrogens with zero attached hydrogens (tertiary/aromatic N) is 5. The van der Waals surface area contributed by atoms with Crippen molar-refractivity contribution in [2.45, 2.75) is 6.92 Å². The number of ketones is 5. The fourth-order valence-corrected chi connectivity index (χ4v) is 8.10. The second-order valence-corrected chi connectivity index (χ2v) is 17.6. The third-order valence-electron chi connectivity index (χ3n) is 6.96. The largest absolute Gasteiger partial charge is 0.512 e. The monoisotopic (exact) mass is 1000 g/mol. The van der Waals surface area contributed by atoms with E-state index in [1.54, 1.807) is 85.1 Å². The van der Waals surface area contributed by atoms with Crippen LogP contribution in [0.25, 0.3) is 14.5 Å². The number of nitrogen functional groups attached to an aromatic ring is 1. The minimum Gasteiger partial charge on any atom is -0.512 e. The van der Waals surface area contributed by atoms with E-state index in [2.05, 4.69) is 24.7 Å². The van der Waals surface area contributed by atoms with Crippen molar-refractivity contribution >= 4 is 114 Å². The number of Topliss-reactive ketones (excluding diaryl/α,β-unsaturated/α-hetero) is 4. The third-order valence-corrected chi connectivity index (χ3v) is 12.3. The van der Waals surface area contributed by atoms with Crippen LogP contribution in [0.15, 0.2) is 141 Å². The number of hydrogen-bond donors (Lipinski definition) is 2. The van der Waals surface area contributed by atoms with Gasteiger partial charge in [-0.25, -0.2) is 16.3 Å². The van der Waals surface area contributed by atoms with Crippen LogP contribution in [-0.4, -0.2) is 77.1 Å². The first-order chi connectivity index (χ1) is 31.4. The zero-order valence-electron chi connectivity index (χ0n) is 34.9. The van der Waals surface area contributed by atoms with Crippen LogP contribution in [0.1, 0.15) is 60.8 Å². The molecule has 0 spiro atoms. The van der Waals surface area contributed by atoms with Gasteiger partial charge >= 0.3 is 0 Å². The van der Waals surface area contributed by atoms with Gasteiger partial charge in [-0.05, 0) is 74.9 Å². The number of hydrogen-bond acceptors (Lipinski definition) is 15. The van der Waals surface area contributed by atoms with E-state index >= 15 is 0 Å². The highest BCUT2D eigenvalue weighted by atomic mass is 35.5. The summed E-state index contributed by atoms with van der Waals surface area (Å²) in [6.45, 7) is 22.4. The fourth-order valence-electron chi connectivity index (χ4n) is 4.08. The van der Waals surface area contributed by atoms with E-state index in [1.165, 1.54) is 75.3 Å². The van der Waals surface area contributed by atoms with Gasteiger partial charge in [0.25, 0.3) is 18.0 Å². The molecule has 13 nitrogen and oxygen atoms in total. The van der Waals surface area contributed by atoms with Gasteiger partial charge in [-0.15, -0.1) is 68.3 Å². The summed E-state index contributed by atoms with van der Waals surface area (Å²) in [5.41, 5.74) is 6.12. The lowest BCUT2D eigenvalue weighted by molar-refractivity contribution is 0.101. The van der Waals surface area contributed by atoms with Gasteiger partial charge < -0.3 is 29.8 Å². The average molecular weight is 1000 g/mol. The molecule has 0 saturated heterocycles. The third kappa shape index (κ3) is 20.6. The Morgan fingerprint density at radius 2 is 1.17 bits per heavy atom. The number of carbonyl (C=O) groups is 5. The summed E-state index contributed by atoms with van der Waals surface area (Å²) in [5.74, 6) is -0.232. The number of carbonyl (C=O) groups excluding carboxylic acids is 5. The Kier molecular flexibility index (Phi) is 26.9. The number of thiophene rings is 6. The van der Waals surface area contributed by atoms with E-state index in [0.29, 0.717) is 37.5 Å². The fraction of sp³-hybridized carbons (Fsp3) is 0.133. The maximum atomic E-state index is 11.7. The summed E-state index contributed by atoms with van der Waals surface area (Å²) in [4.78, 5) is 70.9. The van der Waals surface area contributed by atoms with Crippen LogP contribution in [0.5, 0.6) is 0 Å². The van der Waals surface area contributed by atoms with Crippen LogP contribution in [0.3, 0.4) is 0 Å². The summed E-state index contributed by atoms with van der Waals surface area (Å²) in [6.07, 6.45) is 4.20. The first-order valence-electron chi connectivity index (χ1n) is 18.4. The zero-order chi connectivity index (χ0) is 47.8. The van der Waals surface area contributed by atoms with Gasteiger partial charge in [0.05, 0.1) is 68.0 Å². The number of nitrogens with two attached hydrogens (primary N) is 1. The van der Waals surface area contributed by atoms with Crippen LogP contribution < -0.4 is 5.73 Å². The van der Waals surface area contributed by atoms with Crippen molar-refractivity contribution in [1.29, 1.82) is 0 Å². The molecule has 0 fully saturated rings. The number of anilines is 1. The first kappa shape index (κ1) is 54.5. The van der Waals surface area contributed by atoms with Crippen LogP contribution in [0, 0.1) is 19.7 Å². The normalized spacial score (nSPS) is 9.92. The maximum Gasteiger partial charge on any atom is 0.277 e. The van der Waals surface area contributed by atoms with E-state index in [9.17, 15) is 24.0 Å². The van der Waals surface area contributed by atoms with Crippen LogP contribution in [0.2, 0.25) is 0 Å². The lowest BCUT2D eigenvalue weighted by Gasteiger charge is -2.04. The lowest BCUT2D eigenvalue weighted by atomic mass is 10.2. The van der Waals surface area contributed by atoms with Crippen molar-refractivity contribution in [2.75, 3.05) is 38.9 Å². The molecule has 0 aliphatic heterocycles. The Hall–Kier alpha value is -6.60. The predicted octanol–water partition coefficient (Wildman–Crippen LogP) is 12.0. The number of H-pyrrole nitrogens is 1. The van der Waals surface area contributed by atoms with Gasteiger partial charge in [0.2, 0.25) is 23.0 Å². The van der Waals surface area contributed by atoms with Gasteiger partial charge in [-0.3, -0.25) is 19.5 Å². The van der Waals surface area contributed by atoms with Gasteiger partial charge in [0, 0.05) is 20.3 Å². The van der Waals surface area contributed by atoms with Crippen LogP contribution >= 0.6 is 79.6 Å². The Labute approximate surface area is 405 Å². The number of aromatic nitrogens is 2. The highest BCUT2D eigenvalue weighted by Crippen LogP contribution is 2.18. The van der Waals surface area contributed by atoms with Crippen molar-refractivity contribution < 1.29 is 28.7 Å². The number of allylic oxidation sites excluding steroid dienone is 2. The molecule has 0 aliphatic rings. The highest BCUT2D eigenvalue weighted by Gasteiger charge is 2.16. The number of alkyl halides is 1. The molecule has 7 rings (SSSR count). The molecule has 7 aromatic rings. The molecule has 3 N–H and O–H groups in total. The summed E-state index contributed by atoms with van der Waals surface area (Å²) in [6, 6.07) is 21.8. The van der Waals surface area contributed by atoms with Crippen molar-refractivity contribution in [1.82, 2.24) is 15.1 Å². The number of ether oxygens (including phenoxy) is 1. The second-order valence-electron chi connectivity index (χ2n) is 11.8. The van der Waals surface area contributed by atoms with Gasteiger partial charge in [0.15, 0.2) is 5.78 Å². The van der Waals surface area contributed by atoms with E-state index in [1.807, 2.05) is 62.6 Å². The van der Waals surface area contributed by atoms with Crippen LogP contribution in [0.4, 0.5) is 5.82 Å². The predicted molar refractivity (Wildman–Crippen MR) is 267 cm³/mol. The topological polar surface area (TPSA) is 166 Å². The molecule has 0 atom stereocenters. The molecule has 334 valence electrons. The average Bonchev–Trinajstić information content (AvgIpc) is 4.16. The van der Waals surface area contributed by atoms with Gasteiger partial charge in [-0.2, -0.15) is 16.4 Å². The van der Waals surface area contributed by atoms with Crippen molar-refractivity contribution in [3.8, 4) is 0 Å². The molecule has 7 aromatic heterocycles. The standard InChI is InChI=1S/C10H10N2OS.C10H9NO2S.C8H7N3OS.C7H5NOS.C6H5ClOS.C4H4S/c1-11-8(7-12(2)3)10(13)9-5-4-6-14-9;1-3-13-7-8(11-2)10(12)9-5-4-6-14-9;9-8-5(4-10-11-8)7(12)6-2-1-3-13-6;1-8-5-6(9)7-3-2-4-10-7;7-4-5(8)6-2-1-3-9-6;1-2-4-5-3-1/h4-7H,2-3H3;4-7H,3H2,1H3;1-4H,(H3,9,10,11);2-4H,5H2;1-3H,4H2;1-4H/b2*8-7-;;;;. The van der Waals surface area contributed by atoms with E-state index in [-0.39, 0.29) is 52.7 Å². The van der Waals surface area contributed by atoms with Crippen molar-refractivity contribution in [2.24, 2.45) is 0 Å². The zero-order valence-corrected chi connectivity index (χ0v) is 40.6. The highest BCUT2D eigenvalue weighted by molar-refractivity contribution is 7.13. The Morgan fingerprint density at radius 1 is 0.708 bits per heavy atom. The van der Waals surface area contributed by atoms with Crippen molar-refractivity contribution in [3.05, 3.63) is 205 Å². The van der Waals surface area contributed by atoms with E-state index in [4.69, 9.17) is 41.8 Å². The summed E-state index contributed by atoms with van der Waals surface area (Å²) < 4.78 is 4.91. The molecule has 20 heteroatoms. The Balaban J connectivity index is 0.000000274. The van der Waals surface area contributed by atoms with E-state index < -0.39 is 0 Å². The lowest BCUT2D eigenvalue weighted by Crippen LogP contribution is -2.06. The molecule has 0 amide bonds. The Bertz CT molecular complexity index is 2610. The molecule has 7 heterocycles. The Morgan fingerprint density at radius 3 is 1.52 bits per heavy atom. The van der Waals surface area contributed by atoms with Gasteiger partial charge in [-0.1, -0.05) is 42.5 Å². The summed E-state index contributed by atoms with van der Waals surface area (Å²) in [5, 5.41) is 19.5. The minimum absolute atomic E-state index is 0.00617. The molecule has 0 radical (unpaired) electrons. The number of nitrogens with one attached hydrogen (secondary N) is 1. The molecule has 0 aromatic carbocycles. The number of aromatic amines is 1. The minimum atomic E-state index is -0.275. The summed E-state index contributed by atoms with van der Waals surface area (Å²) >= 11 is 13.9. The van der Waals surface area contributed by atoms with Crippen LogP contribution in [-0.2, 0) is 4.74 Å². The smallest absolute Gasteiger partial charge is 0.277 e. The van der Waals surface area contributed by atoms with Gasteiger partial charge in [0.1, 0.15) is 5.82 Å². The SMILES string of the molecule is Nc1[nH]ncc1C(=O)c1cccs1.O=C(CCl)c1cccs1.[C-]#[N+]/C(=C\N(C)C)C(=O)c1cccs1.[C-]#[N+]/C(=C\OCC)C(=O)c1cccs1.[C-]#[N+]CC(=O)c1cccs1.c1ccsc1. The molecular formula is C45H40ClN7O6S6. The summed E-state index contributed by atoms with van der Waals surface area (Å²) in [7, 11) is 3.57. The molecule has 0 aliphatic carbocycles. The number of halogens is 1. The van der Waals surface area contributed by atoms with E-state index in [0.717, 1.165) is 4.88 Å². The molecule has 0 saturated carbocycles. The number of rotatable bonds is 13. The molecule has 0 bridgehead atoms. The van der Waals surface area contributed by atoms with Crippen molar-refractivity contribution in [3.63, 3.8) is 0 Å². The molecular weight excluding hydrogens is 962 g/mol. The first-order valence-corrected chi connectivity index (χ1v) is 24.3. The quantitative estimate of drug-likeness (QED) is 0.0376. The molecule has 0 unspecified atom stereocenters. The maximum absolute atomic E-state index is 11.7. The molecule has 65 heavy (non-hydrogen) atoms.